The Morgan fingerprint density at radius 2 is 1.97 bits per heavy atom. The van der Waals surface area contributed by atoms with E-state index in [1.54, 1.807) is 36.5 Å². The van der Waals surface area contributed by atoms with E-state index in [0.29, 0.717) is 23.4 Å². The molecule has 2 aromatic rings. The van der Waals surface area contributed by atoms with E-state index in [2.05, 4.69) is 40.2 Å². The van der Waals surface area contributed by atoms with E-state index in [0.717, 1.165) is 31.9 Å². The van der Waals surface area contributed by atoms with E-state index < -0.39 is 23.1 Å². The van der Waals surface area contributed by atoms with Crippen molar-refractivity contribution in [3.8, 4) is 0 Å². The lowest BCUT2D eigenvalue weighted by molar-refractivity contribution is 0.224. The van der Waals surface area contributed by atoms with Crippen molar-refractivity contribution in [1.29, 1.82) is 0 Å². The van der Waals surface area contributed by atoms with Crippen molar-refractivity contribution >= 4 is 45.8 Å². The van der Waals surface area contributed by atoms with Gasteiger partial charge in [0.1, 0.15) is 11.5 Å². The van der Waals surface area contributed by atoms with Crippen LogP contribution in [0.5, 0.6) is 0 Å². The lowest BCUT2D eigenvalue weighted by Gasteiger charge is -2.39. The summed E-state index contributed by atoms with van der Waals surface area (Å²) in [4.78, 5) is 4.23. The predicted molar refractivity (Wildman–Crippen MR) is 133 cm³/mol. The minimum Gasteiger partial charge on any atom is -0.304 e. The Morgan fingerprint density at radius 1 is 1.18 bits per heavy atom. The summed E-state index contributed by atoms with van der Waals surface area (Å²) in [6.07, 6.45) is 2.81. The molecular weight excluding hydrogens is 469 g/mol. The van der Waals surface area contributed by atoms with Gasteiger partial charge in [0.15, 0.2) is 0 Å². The molecule has 1 saturated heterocycles. The number of aromatic nitrogens is 1. The molecule has 0 aliphatic carbocycles. The number of halogens is 3. The number of benzene rings is 1. The Labute approximate surface area is 198 Å². The number of hydrogen-bond acceptors (Lipinski definition) is 7. The molecule has 4 rings (SSSR count). The highest BCUT2D eigenvalue weighted by molar-refractivity contribution is 8.13. The monoisotopic (exact) mass is 494 g/mol. The number of hydrogen-bond donors (Lipinski definition) is 0. The van der Waals surface area contributed by atoms with Crippen LogP contribution in [0.2, 0.25) is 0 Å². The van der Waals surface area contributed by atoms with Crippen molar-refractivity contribution in [2.45, 2.75) is 19.4 Å². The third-order valence-corrected chi connectivity index (χ3v) is 8.23. The maximum Gasteiger partial charge on any atom is 0.278 e. The van der Waals surface area contributed by atoms with Crippen LogP contribution in [0.3, 0.4) is 0 Å². The van der Waals surface area contributed by atoms with Crippen LogP contribution in [0.25, 0.3) is 0 Å². The van der Waals surface area contributed by atoms with Crippen LogP contribution in [0, 0.1) is 5.82 Å². The number of rotatable bonds is 8. The number of alkyl halides is 2. The Hall–Kier alpha value is -2.21. The molecule has 0 saturated carbocycles. The molecule has 0 spiro atoms. The predicted octanol–water partition coefficient (Wildman–Crippen LogP) is 4.47. The molecule has 1 unspecified atom stereocenters. The zero-order valence-electron chi connectivity index (χ0n) is 18.2. The van der Waals surface area contributed by atoms with Gasteiger partial charge in [0.05, 0.1) is 24.1 Å². The van der Waals surface area contributed by atoms with Crippen molar-refractivity contribution in [3.63, 3.8) is 0 Å². The van der Waals surface area contributed by atoms with Crippen LogP contribution in [-0.4, -0.2) is 69.7 Å². The van der Waals surface area contributed by atoms with Crippen LogP contribution in [0.15, 0.2) is 52.9 Å². The van der Waals surface area contributed by atoms with Gasteiger partial charge in [-0.25, -0.2) is 21.8 Å². The van der Waals surface area contributed by atoms with Crippen molar-refractivity contribution < 1.29 is 13.2 Å². The SMILES string of the molecule is C=S(N1CCN(SC)CC1)N(Cc1ccc(C2=NN=C(C(F)F)C2)cc1F)c1cccnc1. The normalized spacial score (nSPS) is 18.3. The van der Waals surface area contributed by atoms with Gasteiger partial charge in [-0.3, -0.25) is 4.98 Å². The van der Waals surface area contributed by atoms with E-state index in [9.17, 15) is 8.78 Å². The molecule has 1 aromatic heterocycles. The minimum atomic E-state index is -2.66. The van der Waals surface area contributed by atoms with E-state index >= 15 is 4.39 Å². The maximum atomic E-state index is 15.1. The topological polar surface area (TPSA) is 47.3 Å². The summed E-state index contributed by atoms with van der Waals surface area (Å²) in [5.74, 6) is 4.00. The fourth-order valence-electron chi connectivity index (χ4n) is 3.65. The second-order valence-corrected chi connectivity index (χ2v) is 10.1. The van der Waals surface area contributed by atoms with Crippen LogP contribution < -0.4 is 4.31 Å². The summed E-state index contributed by atoms with van der Waals surface area (Å²) in [6.45, 7) is 3.93. The quantitative estimate of drug-likeness (QED) is 0.400. The zero-order chi connectivity index (χ0) is 23.4. The summed E-state index contributed by atoms with van der Waals surface area (Å²) in [5.41, 5.74) is 1.87. The van der Waals surface area contributed by atoms with E-state index in [1.807, 2.05) is 12.1 Å². The van der Waals surface area contributed by atoms with Gasteiger partial charge in [0.25, 0.3) is 6.43 Å². The second-order valence-electron chi connectivity index (χ2n) is 7.55. The third-order valence-electron chi connectivity index (χ3n) is 5.54. The first-order valence-electron chi connectivity index (χ1n) is 10.4. The first-order valence-corrected chi connectivity index (χ1v) is 12.9. The van der Waals surface area contributed by atoms with E-state index in [4.69, 9.17) is 0 Å². The third kappa shape index (κ3) is 5.65. The number of pyridine rings is 1. The van der Waals surface area contributed by atoms with Crippen molar-refractivity contribution in [2.24, 2.45) is 10.2 Å². The Balaban J connectivity index is 1.53. The number of piperazine rings is 1. The first-order chi connectivity index (χ1) is 16.0. The average molecular weight is 495 g/mol. The molecule has 1 atom stereocenters. The molecule has 2 aliphatic rings. The molecule has 11 heteroatoms. The van der Waals surface area contributed by atoms with Gasteiger partial charge in [-0.2, -0.15) is 10.2 Å². The molecule has 3 heterocycles. The average Bonchev–Trinajstić information content (AvgIpc) is 3.34. The summed E-state index contributed by atoms with van der Waals surface area (Å²) in [7, 11) is -0.540. The second kappa shape index (κ2) is 10.8. The van der Waals surface area contributed by atoms with E-state index in [-0.39, 0.29) is 12.1 Å². The fourth-order valence-corrected chi connectivity index (χ4v) is 5.68. The van der Waals surface area contributed by atoms with Gasteiger partial charge in [-0.05, 0) is 41.2 Å². The molecule has 0 radical (unpaired) electrons. The summed E-state index contributed by atoms with van der Waals surface area (Å²) in [6, 6.07) is 8.53. The Morgan fingerprint density at radius 3 is 2.58 bits per heavy atom. The summed E-state index contributed by atoms with van der Waals surface area (Å²) >= 11 is 1.74. The van der Waals surface area contributed by atoms with Gasteiger partial charge >= 0.3 is 0 Å². The molecule has 6 nitrogen and oxygen atoms in total. The van der Waals surface area contributed by atoms with Crippen LogP contribution in [0.1, 0.15) is 17.5 Å². The van der Waals surface area contributed by atoms with Crippen molar-refractivity contribution in [3.05, 3.63) is 59.7 Å². The molecule has 1 aromatic carbocycles. The molecule has 0 N–H and O–H groups in total. The molecule has 33 heavy (non-hydrogen) atoms. The van der Waals surface area contributed by atoms with E-state index in [1.165, 1.54) is 6.07 Å². The Kier molecular flexibility index (Phi) is 7.84. The summed E-state index contributed by atoms with van der Waals surface area (Å²) < 4.78 is 47.5. The van der Waals surface area contributed by atoms with Crippen LogP contribution in [-0.2, 0) is 6.54 Å². The molecule has 0 bridgehead atoms. The largest absolute Gasteiger partial charge is 0.304 e. The summed E-state index contributed by atoms with van der Waals surface area (Å²) in [5, 5.41) is 7.33. The minimum absolute atomic E-state index is 0.0668. The number of nitrogens with zero attached hydrogens (tertiary/aromatic N) is 6. The van der Waals surface area contributed by atoms with Crippen LogP contribution in [0.4, 0.5) is 18.9 Å². The van der Waals surface area contributed by atoms with Gasteiger partial charge in [-0.15, -0.1) is 0 Å². The number of anilines is 1. The fraction of sp³-hybridized carbons (Fsp3) is 0.364. The lowest BCUT2D eigenvalue weighted by Crippen LogP contribution is -2.42. The van der Waals surface area contributed by atoms with Gasteiger partial charge in [0, 0.05) is 49.9 Å². The molecule has 0 amide bonds. The van der Waals surface area contributed by atoms with Crippen molar-refractivity contribution in [2.75, 3.05) is 36.7 Å². The van der Waals surface area contributed by atoms with Gasteiger partial charge < -0.3 is 4.31 Å². The zero-order valence-corrected chi connectivity index (χ0v) is 19.8. The maximum absolute atomic E-state index is 15.1. The smallest absolute Gasteiger partial charge is 0.278 e. The molecule has 176 valence electrons. The van der Waals surface area contributed by atoms with Crippen LogP contribution >= 0.6 is 22.8 Å². The first kappa shape index (κ1) is 23.9. The van der Waals surface area contributed by atoms with Gasteiger partial charge in [0.2, 0.25) is 0 Å². The highest BCUT2D eigenvalue weighted by atomic mass is 32.2. The standard InChI is InChI=1S/C22H25F3N6S2/c1-32-29-8-10-30(11-9-29)33(2)31(18-4-3-7-26-14-18)15-17-6-5-16(12-19(17)23)20-13-21(22(24)25)28-27-20/h3-7,12,14,22H,2,8-11,13,15H2,1H3. The molecule has 2 aliphatic heterocycles. The molecule has 1 fully saturated rings. The molecular formula is C22H25F3N6S2. The highest BCUT2D eigenvalue weighted by Gasteiger charge is 2.25. The van der Waals surface area contributed by atoms with Gasteiger partial charge in [-0.1, -0.05) is 24.1 Å². The lowest BCUT2D eigenvalue weighted by atomic mass is 10.0. The Bertz CT molecular complexity index is 1060. The highest BCUT2D eigenvalue weighted by Crippen LogP contribution is 2.33. The van der Waals surface area contributed by atoms with Crippen molar-refractivity contribution in [1.82, 2.24) is 13.6 Å².